The Morgan fingerprint density at radius 2 is 1.88 bits per heavy atom. The molecule has 0 amide bonds. The summed E-state index contributed by atoms with van der Waals surface area (Å²) >= 11 is 7.03. The predicted octanol–water partition coefficient (Wildman–Crippen LogP) is 2.85. The molecule has 34 heavy (non-hydrogen) atoms. The summed E-state index contributed by atoms with van der Waals surface area (Å²) in [5, 5.41) is 10.4. The normalized spacial score (nSPS) is 14.5. The number of methoxy groups -OCH3 is 2. The van der Waals surface area contributed by atoms with Crippen molar-refractivity contribution in [3.05, 3.63) is 18.3 Å². The van der Waals surface area contributed by atoms with Crippen LogP contribution in [0, 0.1) is 0 Å². The van der Waals surface area contributed by atoms with Crippen molar-refractivity contribution >= 4 is 72.5 Å². The fourth-order valence-corrected chi connectivity index (χ4v) is 4.99. The molecular formula is C21H25N9O2S2. The van der Waals surface area contributed by atoms with Crippen LogP contribution in [0.2, 0.25) is 0 Å². The first kappa shape index (κ1) is 22.4. The second kappa shape index (κ2) is 9.08. The van der Waals surface area contributed by atoms with E-state index in [1.165, 1.54) is 11.3 Å². The Labute approximate surface area is 205 Å². The van der Waals surface area contributed by atoms with Crippen LogP contribution in [0.15, 0.2) is 18.3 Å². The van der Waals surface area contributed by atoms with Crippen molar-refractivity contribution in [1.29, 1.82) is 0 Å². The van der Waals surface area contributed by atoms with Gasteiger partial charge in [0.15, 0.2) is 21.7 Å². The molecule has 1 fully saturated rings. The molecule has 1 aromatic carbocycles. The average molecular weight is 500 g/mol. The number of rotatable bonds is 5. The molecule has 0 spiro atoms. The number of nitrogens with one attached hydrogen (secondary N) is 3. The number of fused-ring (bicyclic) bond motifs is 3. The molecule has 1 aliphatic heterocycles. The topological polar surface area (TPSA) is 129 Å². The van der Waals surface area contributed by atoms with Gasteiger partial charge >= 0.3 is 0 Å². The van der Waals surface area contributed by atoms with Crippen LogP contribution in [-0.4, -0.2) is 82.3 Å². The third-order valence-electron chi connectivity index (χ3n) is 5.72. The number of anilines is 4. The van der Waals surface area contributed by atoms with Crippen molar-refractivity contribution in [1.82, 2.24) is 29.7 Å². The van der Waals surface area contributed by atoms with Crippen LogP contribution in [0.1, 0.15) is 0 Å². The molecule has 0 unspecified atom stereocenters. The smallest absolute Gasteiger partial charge is 0.224 e. The number of hydrogen-bond donors (Lipinski definition) is 4. The summed E-state index contributed by atoms with van der Waals surface area (Å²) in [7, 11) is 5.32. The van der Waals surface area contributed by atoms with Crippen LogP contribution >= 0.6 is 23.6 Å². The highest BCUT2D eigenvalue weighted by Crippen LogP contribution is 2.38. The van der Waals surface area contributed by atoms with E-state index in [0.717, 1.165) is 47.5 Å². The molecule has 1 aliphatic rings. The Kier molecular flexibility index (Phi) is 5.98. The van der Waals surface area contributed by atoms with Crippen LogP contribution in [0.25, 0.3) is 21.9 Å². The van der Waals surface area contributed by atoms with Crippen molar-refractivity contribution in [2.45, 2.75) is 0 Å². The number of piperazine rings is 1. The summed E-state index contributed by atoms with van der Waals surface area (Å²) in [4.78, 5) is 21.0. The highest BCUT2D eigenvalue weighted by atomic mass is 32.1. The van der Waals surface area contributed by atoms with Crippen molar-refractivity contribution < 1.29 is 9.47 Å². The Morgan fingerprint density at radius 3 is 2.62 bits per heavy atom. The molecule has 0 atom stereocenters. The fraction of sp³-hybridized carbons (Fsp3) is 0.333. The summed E-state index contributed by atoms with van der Waals surface area (Å²) in [6, 6.07) is 3.75. The first-order valence-corrected chi connectivity index (χ1v) is 11.9. The minimum absolute atomic E-state index is 0.145. The number of thiazole rings is 1. The number of nitrogen functional groups attached to an aromatic ring is 1. The van der Waals surface area contributed by atoms with Gasteiger partial charge in [-0.1, -0.05) is 11.3 Å². The number of likely N-dealkylation sites (N-methyl/N-ethyl adjacent to an activating group) is 1. The van der Waals surface area contributed by atoms with Gasteiger partial charge in [-0.3, -0.25) is 0 Å². The summed E-state index contributed by atoms with van der Waals surface area (Å²) in [6.07, 6.45) is 1.75. The van der Waals surface area contributed by atoms with E-state index in [-0.39, 0.29) is 5.95 Å². The van der Waals surface area contributed by atoms with Crippen molar-refractivity contribution in [3.63, 3.8) is 0 Å². The number of ether oxygens (including phenoxy) is 2. The summed E-state index contributed by atoms with van der Waals surface area (Å²) in [5.74, 6) is 1.91. The molecule has 3 aromatic heterocycles. The van der Waals surface area contributed by atoms with Gasteiger partial charge in [0.2, 0.25) is 5.95 Å². The molecule has 0 saturated carbocycles. The van der Waals surface area contributed by atoms with E-state index in [1.807, 2.05) is 12.1 Å². The monoisotopic (exact) mass is 499 g/mol. The molecular weight excluding hydrogens is 474 g/mol. The van der Waals surface area contributed by atoms with Crippen LogP contribution in [0.3, 0.4) is 0 Å². The van der Waals surface area contributed by atoms with E-state index in [2.05, 4.69) is 47.4 Å². The molecule has 4 aromatic rings. The SMILES string of the molecule is COc1cc2[nH]c3nc(N)nc(Nc4ncc(NC(=S)N5CCN(C)CC5)s4)c3c2cc1OC. The Balaban J connectivity index is 1.43. The zero-order valence-electron chi connectivity index (χ0n) is 19.0. The third kappa shape index (κ3) is 4.24. The van der Waals surface area contributed by atoms with E-state index in [4.69, 9.17) is 27.4 Å². The van der Waals surface area contributed by atoms with Gasteiger partial charge in [-0.25, -0.2) is 4.98 Å². The lowest BCUT2D eigenvalue weighted by atomic mass is 10.2. The minimum Gasteiger partial charge on any atom is -0.493 e. The zero-order valence-corrected chi connectivity index (χ0v) is 20.6. The number of thiocarbonyl (C=S) groups is 1. The molecule has 0 bridgehead atoms. The van der Waals surface area contributed by atoms with E-state index in [9.17, 15) is 0 Å². The lowest BCUT2D eigenvalue weighted by Crippen LogP contribution is -2.48. The van der Waals surface area contributed by atoms with E-state index >= 15 is 0 Å². The molecule has 13 heteroatoms. The predicted molar refractivity (Wildman–Crippen MR) is 140 cm³/mol. The summed E-state index contributed by atoms with van der Waals surface area (Å²) in [6.45, 7) is 3.78. The van der Waals surface area contributed by atoms with Crippen molar-refractivity contribution in [2.75, 3.05) is 63.8 Å². The van der Waals surface area contributed by atoms with Crippen LogP contribution in [0.4, 0.5) is 21.9 Å². The number of nitrogens with zero attached hydrogens (tertiary/aromatic N) is 5. The van der Waals surface area contributed by atoms with E-state index < -0.39 is 0 Å². The van der Waals surface area contributed by atoms with Gasteiger partial charge in [0.25, 0.3) is 0 Å². The Morgan fingerprint density at radius 1 is 1.15 bits per heavy atom. The molecule has 5 rings (SSSR count). The van der Waals surface area contributed by atoms with E-state index in [1.54, 1.807) is 20.4 Å². The van der Waals surface area contributed by atoms with Crippen LogP contribution in [-0.2, 0) is 0 Å². The largest absolute Gasteiger partial charge is 0.493 e. The first-order valence-electron chi connectivity index (χ1n) is 10.6. The second-order valence-electron chi connectivity index (χ2n) is 7.91. The maximum absolute atomic E-state index is 5.99. The summed E-state index contributed by atoms with van der Waals surface area (Å²) < 4.78 is 10.9. The average Bonchev–Trinajstić information content (AvgIpc) is 3.41. The number of aromatic amines is 1. The number of aromatic nitrogens is 4. The van der Waals surface area contributed by atoms with Gasteiger partial charge in [0, 0.05) is 37.6 Å². The quantitative estimate of drug-likeness (QED) is 0.302. The summed E-state index contributed by atoms with van der Waals surface area (Å²) in [5.41, 5.74) is 7.42. The third-order valence-corrected chi connectivity index (χ3v) is 6.91. The molecule has 4 heterocycles. The number of benzene rings is 1. The maximum Gasteiger partial charge on any atom is 0.224 e. The van der Waals surface area contributed by atoms with Gasteiger partial charge in [0.1, 0.15) is 16.5 Å². The fourth-order valence-electron chi connectivity index (χ4n) is 3.92. The lowest BCUT2D eigenvalue weighted by Gasteiger charge is -2.33. The molecule has 5 N–H and O–H groups in total. The molecule has 11 nitrogen and oxygen atoms in total. The zero-order chi connectivity index (χ0) is 23.8. The standard InChI is InChI=1S/C21H25N9O2S2/c1-29-4-6-30(7-5-29)21(33)25-15-10-23-20(34-15)28-18-16-11-8-13(31-2)14(32-3)9-12(11)24-17(16)26-19(22)27-18/h8-10H,4-7H2,1-3H3,(H,25,33)(H4,22,23,24,26,27,28). The van der Waals surface area contributed by atoms with Crippen molar-refractivity contribution in [3.8, 4) is 11.5 Å². The van der Waals surface area contributed by atoms with Gasteiger partial charge < -0.3 is 40.6 Å². The lowest BCUT2D eigenvalue weighted by molar-refractivity contribution is 0.217. The van der Waals surface area contributed by atoms with Crippen LogP contribution < -0.4 is 25.8 Å². The van der Waals surface area contributed by atoms with Crippen molar-refractivity contribution in [2.24, 2.45) is 0 Å². The number of hydrogen-bond acceptors (Lipinski definition) is 10. The Bertz CT molecular complexity index is 1360. The van der Waals surface area contributed by atoms with E-state index in [0.29, 0.717) is 33.2 Å². The molecule has 178 valence electrons. The highest BCUT2D eigenvalue weighted by molar-refractivity contribution is 7.80. The molecule has 0 radical (unpaired) electrons. The Hall–Kier alpha value is -3.42. The van der Waals surface area contributed by atoms with Gasteiger partial charge in [-0.2, -0.15) is 9.97 Å². The number of nitrogens with two attached hydrogens (primary N) is 1. The van der Waals surface area contributed by atoms with Gasteiger partial charge in [-0.05, 0) is 25.3 Å². The van der Waals surface area contributed by atoms with Gasteiger partial charge in [0.05, 0.1) is 31.3 Å². The first-order chi connectivity index (χ1) is 16.4. The number of H-pyrrole nitrogens is 1. The molecule has 1 saturated heterocycles. The second-order valence-corrected chi connectivity index (χ2v) is 9.32. The van der Waals surface area contributed by atoms with Gasteiger partial charge in [-0.15, -0.1) is 0 Å². The minimum atomic E-state index is 0.145. The van der Waals surface area contributed by atoms with Crippen LogP contribution in [0.5, 0.6) is 11.5 Å². The molecule has 0 aliphatic carbocycles. The highest BCUT2D eigenvalue weighted by Gasteiger charge is 2.19. The maximum atomic E-state index is 5.99.